The molecular weight excluding hydrogens is 449 g/mol. The number of ether oxygens (including phenoxy) is 1. The van der Waals surface area contributed by atoms with Crippen molar-refractivity contribution in [2.45, 2.75) is 39.7 Å². The van der Waals surface area contributed by atoms with E-state index in [1.165, 1.54) is 4.90 Å². The summed E-state index contributed by atoms with van der Waals surface area (Å²) in [6.45, 7) is 8.10. The number of carbonyl (C=O) groups is 2. The molecule has 1 aliphatic rings. The van der Waals surface area contributed by atoms with Crippen LogP contribution in [0.1, 0.15) is 33.6 Å². The van der Waals surface area contributed by atoms with Crippen molar-refractivity contribution in [3.63, 3.8) is 0 Å². The molecule has 1 heterocycles. The first-order valence-corrected chi connectivity index (χ1v) is 8.88. The number of amides is 2. The molecule has 0 bridgehead atoms. The Morgan fingerprint density at radius 3 is 2.46 bits per heavy atom. The third-order valence-corrected chi connectivity index (χ3v) is 4.04. The maximum atomic E-state index is 12.1. The Morgan fingerprint density at radius 1 is 1.23 bits per heavy atom. The SMILES string of the molecule is CCNC(=O)C(C)(C)CNC(=NCC(=O)N(C)C)NCC1CCCO1.I. The van der Waals surface area contributed by atoms with Gasteiger partial charge in [-0.3, -0.25) is 9.59 Å². The molecule has 0 aromatic carbocycles. The molecule has 1 atom stereocenters. The number of hydrogen-bond acceptors (Lipinski definition) is 4. The normalized spacial score (nSPS) is 17.3. The molecule has 9 heteroatoms. The number of nitrogens with one attached hydrogen (secondary N) is 3. The smallest absolute Gasteiger partial charge is 0.243 e. The topological polar surface area (TPSA) is 95.1 Å². The minimum absolute atomic E-state index is 0. The second-order valence-corrected chi connectivity index (χ2v) is 7.07. The number of likely N-dealkylation sites (N-methyl/N-ethyl adjacent to an activating group) is 1. The van der Waals surface area contributed by atoms with Gasteiger partial charge in [-0.25, -0.2) is 4.99 Å². The van der Waals surface area contributed by atoms with Gasteiger partial charge in [0, 0.05) is 40.3 Å². The van der Waals surface area contributed by atoms with Gasteiger partial charge in [0.15, 0.2) is 5.96 Å². The van der Waals surface area contributed by atoms with Gasteiger partial charge in [-0.2, -0.15) is 0 Å². The minimum atomic E-state index is -0.589. The average Bonchev–Trinajstić information content (AvgIpc) is 3.07. The summed E-state index contributed by atoms with van der Waals surface area (Å²) >= 11 is 0. The molecule has 26 heavy (non-hydrogen) atoms. The summed E-state index contributed by atoms with van der Waals surface area (Å²) in [6.07, 6.45) is 2.24. The summed E-state index contributed by atoms with van der Waals surface area (Å²) in [5, 5.41) is 9.21. The molecule has 152 valence electrons. The maximum absolute atomic E-state index is 12.1. The molecule has 0 spiro atoms. The highest BCUT2D eigenvalue weighted by Gasteiger charge is 2.27. The Balaban J connectivity index is 0.00000625. The Morgan fingerprint density at radius 2 is 1.92 bits per heavy atom. The van der Waals surface area contributed by atoms with Crippen LogP contribution in [0, 0.1) is 5.41 Å². The fourth-order valence-corrected chi connectivity index (χ4v) is 2.26. The predicted octanol–water partition coefficient (Wildman–Crippen LogP) is 0.569. The molecule has 0 aromatic heterocycles. The summed E-state index contributed by atoms with van der Waals surface area (Å²) in [5.41, 5.74) is -0.589. The molecule has 0 aliphatic carbocycles. The summed E-state index contributed by atoms with van der Waals surface area (Å²) in [4.78, 5) is 29.7. The molecule has 1 aliphatic heterocycles. The van der Waals surface area contributed by atoms with Crippen LogP contribution in [-0.4, -0.2) is 75.7 Å². The van der Waals surface area contributed by atoms with E-state index in [1.54, 1.807) is 14.1 Å². The fraction of sp³-hybridized carbons (Fsp3) is 0.824. The fourth-order valence-electron chi connectivity index (χ4n) is 2.26. The molecule has 1 rings (SSSR count). The van der Waals surface area contributed by atoms with Crippen molar-refractivity contribution < 1.29 is 14.3 Å². The van der Waals surface area contributed by atoms with E-state index in [1.807, 2.05) is 20.8 Å². The van der Waals surface area contributed by atoms with E-state index in [0.717, 1.165) is 19.4 Å². The zero-order chi connectivity index (χ0) is 18.9. The van der Waals surface area contributed by atoms with Crippen LogP contribution >= 0.6 is 24.0 Å². The van der Waals surface area contributed by atoms with Crippen molar-refractivity contribution in [1.29, 1.82) is 0 Å². The van der Waals surface area contributed by atoms with Crippen molar-refractivity contribution in [2.75, 3.05) is 46.9 Å². The maximum Gasteiger partial charge on any atom is 0.243 e. The third kappa shape index (κ3) is 9.02. The van der Waals surface area contributed by atoms with E-state index < -0.39 is 5.41 Å². The van der Waals surface area contributed by atoms with Gasteiger partial charge in [0.1, 0.15) is 6.54 Å². The zero-order valence-corrected chi connectivity index (χ0v) is 18.9. The van der Waals surface area contributed by atoms with Crippen LogP contribution in [0.15, 0.2) is 4.99 Å². The largest absolute Gasteiger partial charge is 0.376 e. The van der Waals surface area contributed by atoms with Crippen molar-refractivity contribution >= 4 is 41.8 Å². The molecule has 1 saturated heterocycles. The summed E-state index contributed by atoms with van der Waals surface area (Å²) in [7, 11) is 3.39. The molecule has 8 nitrogen and oxygen atoms in total. The first-order chi connectivity index (χ1) is 11.8. The van der Waals surface area contributed by atoms with Crippen LogP contribution in [0.2, 0.25) is 0 Å². The van der Waals surface area contributed by atoms with Gasteiger partial charge in [-0.15, -0.1) is 24.0 Å². The predicted molar refractivity (Wildman–Crippen MR) is 114 cm³/mol. The van der Waals surface area contributed by atoms with Crippen LogP contribution in [0.3, 0.4) is 0 Å². The average molecular weight is 483 g/mol. The zero-order valence-electron chi connectivity index (χ0n) is 16.6. The Labute approximate surface area is 173 Å². The number of guanidine groups is 1. The van der Waals surface area contributed by atoms with Gasteiger partial charge >= 0.3 is 0 Å². The van der Waals surface area contributed by atoms with Gasteiger partial charge < -0.3 is 25.6 Å². The second-order valence-electron chi connectivity index (χ2n) is 7.07. The molecule has 0 saturated carbocycles. The second kappa shape index (κ2) is 12.3. The quantitative estimate of drug-likeness (QED) is 0.267. The minimum Gasteiger partial charge on any atom is -0.376 e. The lowest BCUT2D eigenvalue weighted by Gasteiger charge is -2.25. The van der Waals surface area contributed by atoms with Crippen molar-refractivity contribution in [1.82, 2.24) is 20.9 Å². The van der Waals surface area contributed by atoms with Crippen LogP contribution in [0.5, 0.6) is 0 Å². The Kier molecular flexibility index (Phi) is 11.8. The van der Waals surface area contributed by atoms with Gasteiger partial charge in [0.25, 0.3) is 0 Å². The van der Waals surface area contributed by atoms with Gasteiger partial charge in [0.2, 0.25) is 11.8 Å². The lowest BCUT2D eigenvalue weighted by Crippen LogP contribution is -2.49. The number of rotatable bonds is 8. The van der Waals surface area contributed by atoms with Crippen LogP contribution in [-0.2, 0) is 14.3 Å². The first-order valence-electron chi connectivity index (χ1n) is 8.88. The lowest BCUT2D eigenvalue weighted by atomic mass is 9.92. The molecule has 1 unspecified atom stereocenters. The summed E-state index contributed by atoms with van der Waals surface area (Å²) in [5.74, 6) is 0.412. The standard InChI is InChI=1S/C17H33N5O3.HI/c1-6-18-15(24)17(2,3)12-21-16(20-11-14(23)22(4)5)19-10-13-8-7-9-25-13;/h13H,6-12H2,1-5H3,(H,18,24)(H2,19,20,21);1H. The van der Waals surface area contributed by atoms with Crippen LogP contribution in [0.4, 0.5) is 0 Å². The highest BCUT2D eigenvalue weighted by atomic mass is 127. The van der Waals surface area contributed by atoms with Crippen molar-refractivity contribution in [2.24, 2.45) is 10.4 Å². The molecule has 0 aromatic rings. The molecule has 0 radical (unpaired) electrons. The highest BCUT2D eigenvalue weighted by molar-refractivity contribution is 14.0. The van der Waals surface area contributed by atoms with Crippen LogP contribution in [0.25, 0.3) is 0 Å². The van der Waals surface area contributed by atoms with Gasteiger partial charge in [0.05, 0.1) is 11.5 Å². The third-order valence-electron chi connectivity index (χ3n) is 4.04. The summed E-state index contributed by atoms with van der Waals surface area (Å²) < 4.78 is 5.60. The summed E-state index contributed by atoms with van der Waals surface area (Å²) in [6, 6.07) is 0. The number of halogens is 1. The number of aliphatic imine (C=N–C) groups is 1. The van der Waals surface area contributed by atoms with Crippen LogP contribution < -0.4 is 16.0 Å². The lowest BCUT2D eigenvalue weighted by molar-refractivity contribution is -0.129. The Hall–Kier alpha value is -1.10. The Bertz CT molecular complexity index is 477. The van der Waals surface area contributed by atoms with E-state index in [4.69, 9.17) is 4.74 Å². The van der Waals surface area contributed by atoms with E-state index in [2.05, 4.69) is 20.9 Å². The highest BCUT2D eigenvalue weighted by Crippen LogP contribution is 2.13. The van der Waals surface area contributed by atoms with E-state index in [0.29, 0.717) is 25.6 Å². The van der Waals surface area contributed by atoms with Gasteiger partial charge in [-0.1, -0.05) is 0 Å². The van der Waals surface area contributed by atoms with E-state index in [-0.39, 0.29) is 48.4 Å². The molecule has 2 amide bonds. The van der Waals surface area contributed by atoms with E-state index in [9.17, 15) is 9.59 Å². The monoisotopic (exact) mass is 483 g/mol. The molecule has 3 N–H and O–H groups in total. The van der Waals surface area contributed by atoms with Gasteiger partial charge in [-0.05, 0) is 33.6 Å². The van der Waals surface area contributed by atoms with Crippen molar-refractivity contribution in [3.8, 4) is 0 Å². The molecular formula is C17H34IN5O3. The number of hydrogen-bond donors (Lipinski definition) is 3. The first kappa shape index (κ1) is 24.9. The number of carbonyl (C=O) groups excluding carboxylic acids is 2. The van der Waals surface area contributed by atoms with Crippen molar-refractivity contribution in [3.05, 3.63) is 0 Å². The number of nitrogens with zero attached hydrogens (tertiary/aromatic N) is 2. The molecule has 1 fully saturated rings. The van der Waals surface area contributed by atoms with E-state index >= 15 is 0 Å².